The summed E-state index contributed by atoms with van der Waals surface area (Å²) >= 11 is 0. The molecule has 0 atom stereocenters. The minimum Gasteiger partial charge on any atom is -0.273 e. The topological polar surface area (TPSA) is 37.4 Å². The van der Waals surface area contributed by atoms with E-state index in [4.69, 9.17) is 0 Å². The normalized spacial score (nSPS) is 16.2. The Morgan fingerprint density at radius 1 is 1.31 bits per heavy atom. The molecule has 3 nitrogen and oxygen atoms in total. The van der Waals surface area contributed by atoms with Gasteiger partial charge in [0, 0.05) is 7.05 Å². The van der Waals surface area contributed by atoms with Crippen molar-refractivity contribution in [2.45, 2.75) is 25.7 Å². The van der Waals surface area contributed by atoms with Crippen molar-refractivity contribution in [3.63, 3.8) is 0 Å². The summed E-state index contributed by atoms with van der Waals surface area (Å²) in [5.74, 6) is 0.555. The Hall–Kier alpha value is -1.03. The number of rotatable bonds is 3. The summed E-state index contributed by atoms with van der Waals surface area (Å²) in [6, 6.07) is 6.01. The third kappa shape index (κ3) is 2.07. The third-order valence-electron chi connectivity index (χ3n) is 3.10. The minimum absolute atomic E-state index is 0.555. The van der Waals surface area contributed by atoms with Crippen LogP contribution in [0, 0.1) is 6.92 Å². The van der Waals surface area contributed by atoms with Crippen molar-refractivity contribution < 1.29 is 8.42 Å². The lowest BCUT2D eigenvalue weighted by Crippen LogP contribution is -2.26. The van der Waals surface area contributed by atoms with Crippen molar-refractivity contribution in [2.75, 3.05) is 17.6 Å². The van der Waals surface area contributed by atoms with Gasteiger partial charge in [0.1, 0.15) is 0 Å². The maximum absolute atomic E-state index is 11.6. The Balaban J connectivity index is 2.53. The second-order valence-corrected chi connectivity index (χ2v) is 6.53. The summed E-state index contributed by atoms with van der Waals surface area (Å²) in [6.45, 7) is 1.96. The van der Waals surface area contributed by atoms with Crippen LogP contribution in [0.5, 0.6) is 0 Å². The third-order valence-corrected chi connectivity index (χ3v) is 4.28. The summed E-state index contributed by atoms with van der Waals surface area (Å²) in [5, 5.41) is 0. The Labute approximate surface area is 97.1 Å². The molecule has 1 aliphatic rings. The van der Waals surface area contributed by atoms with Crippen LogP contribution >= 0.6 is 0 Å². The molecule has 16 heavy (non-hydrogen) atoms. The van der Waals surface area contributed by atoms with Crippen LogP contribution in [0.1, 0.15) is 29.9 Å². The fraction of sp³-hybridized carbons (Fsp3) is 0.500. The van der Waals surface area contributed by atoms with E-state index in [1.165, 1.54) is 29.0 Å². The van der Waals surface area contributed by atoms with Gasteiger partial charge in [-0.15, -0.1) is 0 Å². The van der Waals surface area contributed by atoms with Gasteiger partial charge in [-0.1, -0.05) is 18.2 Å². The number of sulfonamides is 1. The van der Waals surface area contributed by atoms with Crippen LogP contribution in [-0.2, 0) is 10.0 Å². The molecule has 0 spiro atoms. The smallest absolute Gasteiger partial charge is 0.232 e. The van der Waals surface area contributed by atoms with E-state index in [0.29, 0.717) is 5.92 Å². The molecule has 1 aliphatic carbocycles. The lowest BCUT2D eigenvalue weighted by molar-refractivity contribution is 0.600. The molecule has 1 fully saturated rings. The summed E-state index contributed by atoms with van der Waals surface area (Å²) in [5.41, 5.74) is 3.07. The number of hydrogen-bond acceptors (Lipinski definition) is 2. The van der Waals surface area contributed by atoms with Gasteiger partial charge in [-0.25, -0.2) is 8.42 Å². The Bertz CT molecular complexity index is 504. The lowest BCUT2D eigenvalue weighted by atomic mass is 10.0. The zero-order valence-corrected chi connectivity index (χ0v) is 10.7. The van der Waals surface area contributed by atoms with E-state index >= 15 is 0 Å². The van der Waals surface area contributed by atoms with Crippen LogP contribution < -0.4 is 4.31 Å². The van der Waals surface area contributed by atoms with E-state index < -0.39 is 10.0 Å². The van der Waals surface area contributed by atoms with Gasteiger partial charge in [0.25, 0.3) is 0 Å². The molecule has 4 heteroatoms. The maximum Gasteiger partial charge on any atom is 0.232 e. The first-order valence-corrected chi connectivity index (χ1v) is 7.29. The molecule has 0 radical (unpaired) electrons. The molecule has 88 valence electrons. The zero-order chi connectivity index (χ0) is 11.9. The van der Waals surface area contributed by atoms with Crippen LogP contribution in [0.3, 0.4) is 0 Å². The average molecular weight is 239 g/mol. The number of hydrogen-bond donors (Lipinski definition) is 0. The molecular weight excluding hydrogens is 222 g/mol. The summed E-state index contributed by atoms with van der Waals surface area (Å²) in [6.07, 6.45) is 3.60. The van der Waals surface area contributed by atoms with E-state index in [1.54, 1.807) is 7.05 Å². The van der Waals surface area contributed by atoms with Crippen LogP contribution in [0.15, 0.2) is 18.2 Å². The molecule has 0 aromatic heterocycles. The monoisotopic (exact) mass is 239 g/mol. The highest BCUT2D eigenvalue weighted by atomic mass is 32.2. The maximum atomic E-state index is 11.6. The van der Waals surface area contributed by atoms with Crippen molar-refractivity contribution in [2.24, 2.45) is 0 Å². The van der Waals surface area contributed by atoms with Crippen LogP contribution in [0.2, 0.25) is 0 Å². The molecule has 0 bridgehead atoms. The number of aryl methyl sites for hydroxylation is 1. The number of nitrogens with zero attached hydrogens (tertiary/aromatic N) is 1. The molecule has 1 aromatic carbocycles. The van der Waals surface area contributed by atoms with Gasteiger partial charge in [-0.3, -0.25) is 4.31 Å². The molecule has 0 amide bonds. The van der Waals surface area contributed by atoms with Gasteiger partial charge in [0.05, 0.1) is 11.9 Å². The number of para-hydroxylation sites is 1. The lowest BCUT2D eigenvalue weighted by Gasteiger charge is -2.22. The van der Waals surface area contributed by atoms with Crippen LogP contribution in [0.25, 0.3) is 0 Å². The molecule has 0 unspecified atom stereocenters. The Morgan fingerprint density at radius 3 is 2.44 bits per heavy atom. The van der Waals surface area contributed by atoms with E-state index in [9.17, 15) is 8.42 Å². The Kier molecular flexibility index (Phi) is 2.70. The second-order valence-electron chi connectivity index (χ2n) is 4.52. The molecule has 2 rings (SSSR count). The van der Waals surface area contributed by atoms with Crippen molar-refractivity contribution in [3.8, 4) is 0 Å². The fourth-order valence-electron chi connectivity index (χ4n) is 2.00. The molecule has 1 aromatic rings. The first kappa shape index (κ1) is 11.5. The van der Waals surface area contributed by atoms with Crippen LogP contribution in [-0.4, -0.2) is 21.7 Å². The summed E-state index contributed by atoms with van der Waals surface area (Å²) in [4.78, 5) is 0. The predicted molar refractivity (Wildman–Crippen MR) is 66.4 cm³/mol. The first-order valence-electron chi connectivity index (χ1n) is 5.44. The Morgan fingerprint density at radius 2 is 1.94 bits per heavy atom. The highest BCUT2D eigenvalue weighted by molar-refractivity contribution is 7.92. The van der Waals surface area contributed by atoms with Crippen molar-refractivity contribution in [1.29, 1.82) is 0 Å². The van der Waals surface area contributed by atoms with E-state index in [-0.39, 0.29) is 0 Å². The molecule has 0 N–H and O–H groups in total. The van der Waals surface area contributed by atoms with Gasteiger partial charge in [-0.2, -0.15) is 0 Å². The van der Waals surface area contributed by atoms with Crippen molar-refractivity contribution >= 4 is 15.7 Å². The average Bonchev–Trinajstić information content (AvgIpc) is 2.98. The number of anilines is 1. The van der Waals surface area contributed by atoms with Crippen LogP contribution in [0.4, 0.5) is 5.69 Å². The van der Waals surface area contributed by atoms with E-state index in [0.717, 1.165) is 11.3 Å². The van der Waals surface area contributed by atoms with E-state index in [1.807, 2.05) is 25.1 Å². The minimum atomic E-state index is -3.17. The van der Waals surface area contributed by atoms with Gasteiger partial charge in [0.15, 0.2) is 0 Å². The highest BCUT2D eigenvalue weighted by Gasteiger charge is 2.29. The zero-order valence-electron chi connectivity index (χ0n) is 9.90. The van der Waals surface area contributed by atoms with Gasteiger partial charge >= 0.3 is 0 Å². The SMILES string of the molecule is Cc1cccc(C2CC2)c1N(C)S(C)(=O)=O. The summed E-state index contributed by atoms with van der Waals surface area (Å²) < 4.78 is 24.6. The van der Waals surface area contributed by atoms with Gasteiger partial charge < -0.3 is 0 Å². The number of benzene rings is 1. The summed E-state index contributed by atoms with van der Waals surface area (Å²) in [7, 11) is -1.54. The predicted octanol–water partition coefficient (Wildman–Crippen LogP) is 2.27. The highest BCUT2D eigenvalue weighted by Crippen LogP contribution is 2.45. The van der Waals surface area contributed by atoms with Gasteiger partial charge in [-0.05, 0) is 36.8 Å². The fourth-order valence-corrected chi connectivity index (χ4v) is 2.58. The molecule has 0 heterocycles. The first-order chi connectivity index (χ1) is 7.41. The quantitative estimate of drug-likeness (QED) is 0.811. The molecule has 0 aliphatic heterocycles. The van der Waals surface area contributed by atoms with Gasteiger partial charge in [0.2, 0.25) is 10.0 Å². The molecular formula is C12H17NO2S. The standard InChI is InChI=1S/C12H17NO2S/c1-9-5-4-6-11(10-7-8-10)12(9)13(2)16(3,14)15/h4-6,10H,7-8H2,1-3H3. The van der Waals surface area contributed by atoms with Crippen molar-refractivity contribution in [1.82, 2.24) is 0 Å². The molecule has 1 saturated carbocycles. The molecule has 0 saturated heterocycles. The van der Waals surface area contributed by atoms with E-state index in [2.05, 4.69) is 0 Å². The second kappa shape index (κ2) is 3.77. The van der Waals surface area contributed by atoms with Crippen molar-refractivity contribution in [3.05, 3.63) is 29.3 Å². The largest absolute Gasteiger partial charge is 0.273 e.